The zero-order valence-electron chi connectivity index (χ0n) is 21.1. The normalized spacial score (nSPS) is 14.4. The van der Waals surface area contributed by atoms with Gasteiger partial charge in [-0.25, -0.2) is 13.9 Å². The van der Waals surface area contributed by atoms with Crippen molar-refractivity contribution in [1.82, 2.24) is 14.8 Å². The van der Waals surface area contributed by atoms with E-state index in [4.69, 9.17) is 14.2 Å². The molecule has 1 N–H and O–H groups in total. The highest BCUT2D eigenvalue weighted by Crippen LogP contribution is 2.41. The van der Waals surface area contributed by atoms with Crippen LogP contribution < -0.4 is 14.8 Å². The van der Waals surface area contributed by atoms with Crippen LogP contribution >= 0.6 is 0 Å². The maximum Gasteiger partial charge on any atom is 0.338 e. The van der Waals surface area contributed by atoms with Gasteiger partial charge in [0.05, 0.1) is 24.5 Å². The zero-order valence-corrected chi connectivity index (χ0v) is 21.1. The summed E-state index contributed by atoms with van der Waals surface area (Å²) in [5, 5.41) is 7.68. The van der Waals surface area contributed by atoms with Crippen LogP contribution in [0.5, 0.6) is 11.5 Å². The molecule has 0 saturated heterocycles. The van der Waals surface area contributed by atoms with Gasteiger partial charge in [-0.2, -0.15) is 10.1 Å². The van der Waals surface area contributed by atoms with Gasteiger partial charge < -0.3 is 19.5 Å². The van der Waals surface area contributed by atoms with E-state index in [0.29, 0.717) is 35.3 Å². The van der Waals surface area contributed by atoms with Crippen LogP contribution in [0, 0.1) is 5.82 Å². The fourth-order valence-corrected chi connectivity index (χ4v) is 4.35. The van der Waals surface area contributed by atoms with Gasteiger partial charge in [0.2, 0.25) is 5.95 Å². The molecule has 0 aliphatic carbocycles. The van der Waals surface area contributed by atoms with Crippen molar-refractivity contribution in [2.24, 2.45) is 0 Å². The number of halogens is 1. The molecule has 2 heterocycles. The van der Waals surface area contributed by atoms with E-state index < -0.39 is 12.0 Å². The molecule has 1 aliphatic heterocycles. The summed E-state index contributed by atoms with van der Waals surface area (Å²) < 4.78 is 32.4. The number of carbonyl (C=O) groups excluding carboxylic acids is 1. The number of hydrogen-bond donors (Lipinski definition) is 1. The highest BCUT2D eigenvalue weighted by Gasteiger charge is 2.36. The molecule has 1 aromatic heterocycles. The average Bonchev–Trinajstić information content (AvgIpc) is 3.41. The number of fused-ring (bicyclic) bond motifs is 1. The lowest BCUT2D eigenvalue weighted by molar-refractivity contribution is -0.138. The minimum atomic E-state index is -0.631. The minimum Gasteiger partial charge on any atom is -0.490 e. The van der Waals surface area contributed by atoms with Gasteiger partial charge in [0, 0.05) is 0 Å². The Bertz CT molecular complexity index is 1450. The lowest BCUT2D eigenvalue weighted by Gasteiger charge is -2.30. The van der Waals surface area contributed by atoms with Crippen LogP contribution in [-0.4, -0.2) is 33.9 Å². The van der Waals surface area contributed by atoms with E-state index in [1.165, 1.54) is 18.5 Å². The number of esters is 1. The first-order valence-electron chi connectivity index (χ1n) is 12.4. The smallest absolute Gasteiger partial charge is 0.338 e. The molecule has 4 aromatic rings. The molecule has 0 spiro atoms. The number of aromatic nitrogens is 3. The molecular weight excluding hydrogens is 487 g/mol. The Kier molecular flexibility index (Phi) is 7.35. The summed E-state index contributed by atoms with van der Waals surface area (Å²) in [5.74, 6) is 0.772. The number of ether oxygens (including phenoxy) is 3. The Morgan fingerprint density at radius 1 is 0.974 bits per heavy atom. The first kappa shape index (κ1) is 25.0. The van der Waals surface area contributed by atoms with Gasteiger partial charge in [-0.05, 0) is 54.8 Å². The molecular formula is C29H27FN4O4. The second-order valence-electron chi connectivity index (χ2n) is 8.49. The summed E-state index contributed by atoms with van der Waals surface area (Å²) in [6.07, 6.45) is 1.44. The van der Waals surface area contributed by atoms with E-state index in [0.717, 1.165) is 16.7 Å². The topological polar surface area (TPSA) is 87.5 Å². The molecule has 0 fully saturated rings. The minimum absolute atomic E-state index is 0.224. The van der Waals surface area contributed by atoms with Crippen molar-refractivity contribution in [3.8, 4) is 11.5 Å². The van der Waals surface area contributed by atoms with Gasteiger partial charge >= 0.3 is 5.97 Å². The first-order valence-corrected chi connectivity index (χ1v) is 12.4. The Labute approximate surface area is 219 Å². The molecule has 0 saturated carbocycles. The predicted molar refractivity (Wildman–Crippen MR) is 140 cm³/mol. The molecule has 38 heavy (non-hydrogen) atoms. The van der Waals surface area contributed by atoms with Gasteiger partial charge in [-0.1, -0.05) is 48.5 Å². The van der Waals surface area contributed by atoms with Crippen molar-refractivity contribution in [2.75, 3.05) is 18.5 Å². The van der Waals surface area contributed by atoms with Gasteiger partial charge in [-0.3, -0.25) is 0 Å². The van der Waals surface area contributed by atoms with Crippen molar-refractivity contribution in [1.29, 1.82) is 0 Å². The van der Waals surface area contributed by atoms with E-state index in [-0.39, 0.29) is 19.0 Å². The Hall–Kier alpha value is -4.66. The van der Waals surface area contributed by atoms with Crippen molar-refractivity contribution in [3.05, 3.63) is 107 Å². The van der Waals surface area contributed by atoms with Crippen LogP contribution in [0.2, 0.25) is 0 Å². The molecule has 5 rings (SSSR count). The molecule has 1 aliphatic rings. The molecule has 0 radical (unpaired) electrons. The van der Waals surface area contributed by atoms with E-state index in [1.807, 2.05) is 49.4 Å². The SMILES string of the molecule is CCOC(=O)C1=C(c2ccccc2)Nc2ncnn2[C@@H]1c1ccc(OCc2ccc(F)cc2)c(OCC)c1. The predicted octanol–water partition coefficient (Wildman–Crippen LogP) is 5.38. The van der Waals surface area contributed by atoms with Crippen molar-refractivity contribution in [2.45, 2.75) is 26.5 Å². The second kappa shape index (κ2) is 11.2. The van der Waals surface area contributed by atoms with E-state index in [2.05, 4.69) is 15.4 Å². The number of nitrogens with zero attached hydrogens (tertiary/aromatic N) is 3. The average molecular weight is 515 g/mol. The Balaban J connectivity index is 1.58. The van der Waals surface area contributed by atoms with E-state index in [1.54, 1.807) is 29.8 Å². The van der Waals surface area contributed by atoms with Gasteiger partial charge in [0.1, 0.15) is 24.8 Å². The third-order valence-corrected chi connectivity index (χ3v) is 6.05. The molecule has 0 unspecified atom stereocenters. The molecule has 9 heteroatoms. The quantitative estimate of drug-likeness (QED) is 0.300. The molecule has 0 amide bonds. The maximum atomic E-state index is 13.4. The third kappa shape index (κ3) is 5.08. The standard InChI is InChI=1S/C29H27FN4O4/c1-3-36-24-16-21(12-15-23(24)38-17-19-10-13-22(30)14-11-19)27-25(28(35)37-4-2)26(20-8-6-5-7-9-20)33-29-31-18-32-34(27)29/h5-16,18,27H,3-4,17H2,1-2H3,(H,31,32,33)/t27-/m1/s1. The summed E-state index contributed by atoms with van der Waals surface area (Å²) in [6.45, 7) is 4.53. The van der Waals surface area contributed by atoms with E-state index in [9.17, 15) is 9.18 Å². The molecule has 3 aromatic carbocycles. The highest BCUT2D eigenvalue weighted by molar-refractivity contribution is 6.02. The number of rotatable bonds is 9. The summed E-state index contributed by atoms with van der Waals surface area (Å²) >= 11 is 0. The molecule has 0 bridgehead atoms. The van der Waals surface area contributed by atoms with Crippen LogP contribution in [0.4, 0.5) is 10.3 Å². The molecule has 1 atom stereocenters. The molecule has 8 nitrogen and oxygen atoms in total. The lowest BCUT2D eigenvalue weighted by Crippen LogP contribution is -2.30. The summed E-state index contributed by atoms with van der Waals surface area (Å²) in [7, 11) is 0. The van der Waals surface area contributed by atoms with Crippen LogP contribution in [-0.2, 0) is 16.1 Å². The van der Waals surface area contributed by atoms with Gasteiger partial charge in [-0.15, -0.1) is 0 Å². The second-order valence-corrected chi connectivity index (χ2v) is 8.49. The number of nitrogens with one attached hydrogen (secondary N) is 1. The molecule has 194 valence electrons. The summed E-state index contributed by atoms with van der Waals surface area (Å²) in [4.78, 5) is 17.8. The number of anilines is 1. The number of hydrogen-bond acceptors (Lipinski definition) is 7. The highest BCUT2D eigenvalue weighted by atomic mass is 19.1. The van der Waals surface area contributed by atoms with Crippen molar-refractivity contribution < 1.29 is 23.4 Å². The summed E-state index contributed by atoms with van der Waals surface area (Å²) in [6, 6.07) is 20.6. The first-order chi connectivity index (χ1) is 18.6. The lowest BCUT2D eigenvalue weighted by atomic mass is 9.92. The Morgan fingerprint density at radius 2 is 1.76 bits per heavy atom. The number of carbonyl (C=O) groups is 1. The van der Waals surface area contributed by atoms with Gasteiger partial charge in [0.25, 0.3) is 0 Å². The van der Waals surface area contributed by atoms with E-state index >= 15 is 0 Å². The zero-order chi connectivity index (χ0) is 26.5. The van der Waals surface area contributed by atoms with Crippen molar-refractivity contribution >= 4 is 17.6 Å². The number of benzene rings is 3. The monoisotopic (exact) mass is 514 g/mol. The van der Waals surface area contributed by atoms with Crippen LogP contribution in [0.25, 0.3) is 5.70 Å². The fraction of sp³-hybridized carbons (Fsp3) is 0.207. The van der Waals surface area contributed by atoms with Gasteiger partial charge in [0.15, 0.2) is 11.5 Å². The largest absolute Gasteiger partial charge is 0.490 e. The third-order valence-electron chi connectivity index (χ3n) is 6.05. The van der Waals surface area contributed by atoms with Crippen LogP contribution in [0.3, 0.4) is 0 Å². The summed E-state index contributed by atoms with van der Waals surface area (Å²) in [5.41, 5.74) is 3.39. The Morgan fingerprint density at radius 3 is 2.50 bits per heavy atom. The maximum absolute atomic E-state index is 13.4. The van der Waals surface area contributed by atoms with Crippen LogP contribution in [0.1, 0.15) is 36.6 Å². The van der Waals surface area contributed by atoms with Crippen molar-refractivity contribution in [3.63, 3.8) is 0 Å². The fourth-order valence-electron chi connectivity index (χ4n) is 4.35. The van der Waals surface area contributed by atoms with Crippen LogP contribution in [0.15, 0.2) is 84.7 Å².